The van der Waals surface area contributed by atoms with E-state index in [1.165, 1.54) is 62.8 Å². The van der Waals surface area contributed by atoms with Gasteiger partial charge in [0, 0.05) is 10.9 Å². The highest BCUT2D eigenvalue weighted by Gasteiger charge is 2.09. The van der Waals surface area contributed by atoms with Crippen molar-refractivity contribution in [2.45, 2.75) is 64.3 Å². The van der Waals surface area contributed by atoms with E-state index >= 15 is 0 Å². The van der Waals surface area contributed by atoms with Gasteiger partial charge >= 0.3 is 0 Å². The maximum atomic E-state index is 4.25. The molecule has 0 saturated carbocycles. The van der Waals surface area contributed by atoms with Gasteiger partial charge in [-0.25, -0.2) is 0 Å². The minimum atomic E-state index is 0.657. The average Bonchev–Trinajstić information content (AvgIpc) is 2.94. The minimum absolute atomic E-state index is 0.657. The van der Waals surface area contributed by atoms with Crippen LogP contribution >= 0.6 is 24.0 Å². The molecule has 0 aliphatic heterocycles. The predicted molar refractivity (Wildman–Crippen MR) is 96.3 cm³/mol. The fraction of sp³-hybridized carbons (Fsp3) is 0.765. The molecule has 20 heavy (non-hydrogen) atoms. The van der Waals surface area contributed by atoms with Crippen molar-refractivity contribution in [3.8, 4) is 0 Å². The second-order valence-corrected chi connectivity index (χ2v) is 7.29. The number of nitrogens with zero attached hydrogens (tertiary/aromatic N) is 1. The van der Waals surface area contributed by atoms with Crippen molar-refractivity contribution in [2.24, 2.45) is 0 Å². The van der Waals surface area contributed by atoms with Crippen molar-refractivity contribution in [2.75, 3.05) is 19.3 Å². The van der Waals surface area contributed by atoms with Gasteiger partial charge in [-0.05, 0) is 57.0 Å². The van der Waals surface area contributed by atoms with Gasteiger partial charge in [-0.3, -0.25) is 0 Å². The van der Waals surface area contributed by atoms with Crippen LogP contribution in [0.1, 0.15) is 56.7 Å². The Morgan fingerprint density at radius 2 is 1.75 bits per heavy atom. The zero-order valence-corrected chi connectivity index (χ0v) is 14.9. The summed E-state index contributed by atoms with van der Waals surface area (Å²) in [6.07, 6.45) is 10.8. The second-order valence-electron chi connectivity index (χ2n) is 5.81. The normalized spacial score (nSPS) is 13.0. The molecule has 0 fully saturated rings. The van der Waals surface area contributed by atoms with Crippen molar-refractivity contribution in [3.05, 3.63) is 22.4 Å². The van der Waals surface area contributed by atoms with Gasteiger partial charge in [-0.1, -0.05) is 38.2 Å². The Kier molecular flexibility index (Phi) is 10.5. The van der Waals surface area contributed by atoms with Crippen molar-refractivity contribution in [3.63, 3.8) is 0 Å². The van der Waals surface area contributed by atoms with Crippen molar-refractivity contribution in [1.82, 2.24) is 4.90 Å². The maximum absolute atomic E-state index is 4.25. The van der Waals surface area contributed by atoms with E-state index < -0.39 is 0 Å². The molecule has 1 heterocycles. The highest BCUT2D eigenvalue weighted by molar-refractivity contribution is 7.80. The Balaban J connectivity index is 1.98. The summed E-state index contributed by atoms with van der Waals surface area (Å²) in [7, 11) is 2.27. The molecule has 0 radical (unpaired) electrons. The molecule has 0 amide bonds. The van der Waals surface area contributed by atoms with Crippen LogP contribution in [0.2, 0.25) is 0 Å². The van der Waals surface area contributed by atoms with Crippen LogP contribution in [0, 0.1) is 0 Å². The molecule has 3 heteroatoms. The molecule has 0 spiro atoms. The van der Waals surface area contributed by atoms with Crippen molar-refractivity contribution >= 4 is 24.0 Å². The maximum Gasteiger partial charge on any atom is 0.0112 e. The molecule has 1 atom stereocenters. The van der Waals surface area contributed by atoms with E-state index in [2.05, 4.69) is 49.0 Å². The molecule has 0 aliphatic rings. The van der Waals surface area contributed by atoms with E-state index in [1.54, 1.807) is 0 Å². The summed E-state index contributed by atoms with van der Waals surface area (Å²) in [6.45, 7) is 3.58. The molecule has 1 rings (SSSR count). The largest absolute Gasteiger partial charge is 0.303 e. The molecule has 1 unspecified atom stereocenters. The number of likely N-dealkylation sites (N-methyl/N-ethyl adjacent to an activating group) is 1. The fourth-order valence-corrected chi connectivity index (χ4v) is 3.50. The van der Waals surface area contributed by atoms with Crippen LogP contribution in [0.4, 0.5) is 0 Å². The summed E-state index contributed by atoms with van der Waals surface area (Å²) in [5, 5.41) is 2.18. The first-order chi connectivity index (χ1) is 9.74. The first kappa shape index (κ1) is 18.1. The Morgan fingerprint density at radius 1 is 1.10 bits per heavy atom. The van der Waals surface area contributed by atoms with Crippen molar-refractivity contribution in [1.29, 1.82) is 0 Å². The molecule has 0 bridgehead atoms. The minimum Gasteiger partial charge on any atom is -0.303 e. The lowest BCUT2D eigenvalue weighted by Crippen LogP contribution is -2.31. The predicted octanol–water partition coefficient (Wildman–Crippen LogP) is 5.27. The van der Waals surface area contributed by atoms with Gasteiger partial charge in [0.25, 0.3) is 0 Å². The van der Waals surface area contributed by atoms with Crippen molar-refractivity contribution < 1.29 is 0 Å². The van der Waals surface area contributed by atoms with E-state index in [-0.39, 0.29) is 0 Å². The van der Waals surface area contributed by atoms with Crippen LogP contribution in [0.25, 0.3) is 0 Å². The van der Waals surface area contributed by atoms with E-state index in [0.717, 1.165) is 5.75 Å². The highest BCUT2D eigenvalue weighted by atomic mass is 32.1. The topological polar surface area (TPSA) is 3.24 Å². The van der Waals surface area contributed by atoms with E-state index in [0.29, 0.717) is 6.04 Å². The average molecular weight is 314 g/mol. The van der Waals surface area contributed by atoms with Crippen LogP contribution in [0.15, 0.2) is 17.5 Å². The molecule has 0 N–H and O–H groups in total. The zero-order valence-electron chi connectivity index (χ0n) is 13.2. The Labute approximate surface area is 135 Å². The molecule has 1 nitrogen and oxygen atoms in total. The van der Waals surface area contributed by atoms with Gasteiger partial charge in [0.2, 0.25) is 0 Å². The molecular weight excluding hydrogens is 282 g/mol. The fourth-order valence-electron chi connectivity index (χ4n) is 2.45. The number of hydrogen-bond donors (Lipinski definition) is 1. The number of hydrogen-bond acceptors (Lipinski definition) is 3. The highest BCUT2D eigenvalue weighted by Crippen LogP contribution is 2.14. The summed E-state index contributed by atoms with van der Waals surface area (Å²) in [4.78, 5) is 4.02. The number of unbranched alkanes of at least 4 members (excludes halogenated alkanes) is 6. The first-order valence-electron chi connectivity index (χ1n) is 8.07. The summed E-state index contributed by atoms with van der Waals surface area (Å²) in [5.41, 5.74) is 0. The quantitative estimate of drug-likeness (QED) is 0.406. The van der Waals surface area contributed by atoms with E-state index in [9.17, 15) is 0 Å². The van der Waals surface area contributed by atoms with Gasteiger partial charge in [0.05, 0.1) is 0 Å². The SMILES string of the molecule is CC(Cc1cccs1)N(C)CCCCCCCCCS. The van der Waals surface area contributed by atoms with Gasteiger partial charge in [0.15, 0.2) is 0 Å². The third-order valence-corrected chi connectivity index (χ3v) is 5.21. The third-order valence-electron chi connectivity index (χ3n) is 4.00. The summed E-state index contributed by atoms with van der Waals surface area (Å²) < 4.78 is 0. The third kappa shape index (κ3) is 8.33. The summed E-state index contributed by atoms with van der Waals surface area (Å²) in [5.74, 6) is 1.05. The van der Waals surface area contributed by atoms with E-state index in [1.807, 2.05) is 11.3 Å². The monoisotopic (exact) mass is 313 g/mol. The van der Waals surface area contributed by atoms with Crippen LogP contribution in [0.3, 0.4) is 0 Å². The zero-order chi connectivity index (χ0) is 14.6. The Hall–Kier alpha value is 0.01000. The molecular formula is C17H31NS2. The van der Waals surface area contributed by atoms with Gasteiger partial charge in [-0.15, -0.1) is 11.3 Å². The van der Waals surface area contributed by atoms with Crippen LogP contribution < -0.4 is 0 Å². The molecule has 0 saturated heterocycles. The number of thiophene rings is 1. The van der Waals surface area contributed by atoms with Gasteiger partial charge in [-0.2, -0.15) is 12.6 Å². The molecule has 1 aromatic rings. The Bertz CT molecular complexity index is 311. The molecule has 0 aliphatic carbocycles. The van der Waals surface area contributed by atoms with Crippen LogP contribution in [0.5, 0.6) is 0 Å². The van der Waals surface area contributed by atoms with Gasteiger partial charge in [0.1, 0.15) is 0 Å². The molecule has 1 aromatic heterocycles. The van der Waals surface area contributed by atoms with Crippen LogP contribution in [-0.4, -0.2) is 30.3 Å². The number of thiol groups is 1. The standard InChI is InChI=1S/C17H31NS2/c1-16(15-17-11-10-14-20-17)18(2)12-8-6-4-3-5-7-9-13-19/h10-11,14,16,19H,3-9,12-13,15H2,1-2H3. The first-order valence-corrected chi connectivity index (χ1v) is 9.58. The lowest BCUT2D eigenvalue weighted by molar-refractivity contribution is 0.251. The smallest absolute Gasteiger partial charge is 0.0112 e. The summed E-state index contributed by atoms with van der Waals surface area (Å²) in [6, 6.07) is 5.06. The van der Waals surface area contributed by atoms with E-state index in [4.69, 9.17) is 0 Å². The summed E-state index contributed by atoms with van der Waals surface area (Å²) >= 11 is 6.13. The van der Waals surface area contributed by atoms with Crippen LogP contribution in [-0.2, 0) is 6.42 Å². The Morgan fingerprint density at radius 3 is 2.35 bits per heavy atom. The second kappa shape index (κ2) is 11.6. The lowest BCUT2D eigenvalue weighted by Gasteiger charge is -2.24. The molecule has 0 aromatic carbocycles. The molecule has 116 valence electrons. The van der Waals surface area contributed by atoms with Gasteiger partial charge < -0.3 is 4.90 Å². The lowest BCUT2D eigenvalue weighted by atomic mass is 10.1. The number of rotatable bonds is 12.